The number of alkyl carbamates (subject to hydrolysis) is 1. The van der Waals surface area contributed by atoms with Gasteiger partial charge in [0.15, 0.2) is 0 Å². The van der Waals surface area contributed by atoms with Gasteiger partial charge in [-0.2, -0.15) is 0 Å². The molecule has 2 aromatic carbocycles. The van der Waals surface area contributed by atoms with Gasteiger partial charge in [-0.3, -0.25) is 9.59 Å². The number of carbonyl (C=O) groups excluding carboxylic acids is 2. The van der Waals surface area contributed by atoms with E-state index in [1.807, 2.05) is 68.4 Å². The molecule has 7 heteroatoms. The topological polar surface area (TPSA) is 95.9 Å². The summed E-state index contributed by atoms with van der Waals surface area (Å²) in [5, 5.41) is 12.1. The van der Waals surface area contributed by atoms with Crippen molar-refractivity contribution < 1.29 is 24.2 Å². The highest BCUT2D eigenvalue weighted by Gasteiger charge is 2.36. The Morgan fingerprint density at radius 1 is 1.03 bits per heavy atom. The first-order valence-electron chi connectivity index (χ1n) is 10.4. The van der Waals surface area contributed by atoms with Gasteiger partial charge in [-0.15, -0.1) is 0 Å². The van der Waals surface area contributed by atoms with E-state index in [0.29, 0.717) is 12.8 Å². The van der Waals surface area contributed by atoms with Crippen LogP contribution in [0.4, 0.5) is 4.79 Å². The fourth-order valence-electron chi connectivity index (χ4n) is 3.87. The smallest absolute Gasteiger partial charge is 0.408 e. The maximum absolute atomic E-state index is 13.4. The summed E-state index contributed by atoms with van der Waals surface area (Å²) in [7, 11) is 0. The van der Waals surface area contributed by atoms with Gasteiger partial charge in [-0.25, -0.2) is 4.79 Å². The van der Waals surface area contributed by atoms with Gasteiger partial charge in [0.25, 0.3) is 0 Å². The molecule has 0 spiro atoms. The lowest BCUT2D eigenvalue weighted by Crippen LogP contribution is -2.55. The highest BCUT2D eigenvalue weighted by Crippen LogP contribution is 2.26. The second-order valence-electron chi connectivity index (χ2n) is 8.12. The molecule has 1 atom stereocenters. The van der Waals surface area contributed by atoms with E-state index in [0.717, 1.165) is 16.7 Å². The van der Waals surface area contributed by atoms with Crippen molar-refractivity contribution in [3.63, 3.8) is 0 Å². The number of nitrogens with zero attached hydrogens (tertiary/aromatic N) is 1. The fourth-order valence-corrected chi connectivity index (χ4v) is 3.87. The third kappa shape index (κ3) is 5.84. The minimum Gasteiger partial charge on any atom is -0.480 e. The Morgan fingerprint density at radius 3 is 2.16 bits per heavy atom. The largest absolute Gasteiger partial charge is 0.480 e. The number of carbonyl (C=O) groups is 3. The van der Waals surface area contributed by atoms with Crippen LogP contribution in [0.25, 0.3) is 0 Å². The molecule has 0 bridgehead atoms. The van der Waals surface area contributed by atoms with Crippen LogP contribution in [-0.2, 0) is 33.8 Å². The Morgan fingerprint density at radius 2 is 1.61 bits per heavy atom. The Kier molecular flexibility index (Phi) is 7.28. The lowest BCUT2D eigenvalue weighted by Gasteiger charge is -2.32. The normalized spacial score (nSPS) is 14.0. The van der Waals surface area contributed by atoms with Crippen molar-refractivity contribution in [3.8, 4) is 0 Å². The Balaban J connectivity index is 1.69. The molecule has 3 rings (SSSR count). The molecule has 2 amide bonds. The quantitative estimate of drug-likeness (QED) is 0.679. The van der Waals surface area contributed by atoms with E-state index < -0.39 is 30.6 Å². The van der Waals surface area contributed by atoms with Crippen LogP contribution in [0.3, 0.4) is 0 Å². The summed E-state index contributed by atoms with van der Waals surface area (Å²) in [6, 6.07) is 16.0. The molecule has 7 nitrogen and oxygen atoms in total. The first kappa shape index (κ1) is 22.3. The zero-order valence-electron chi connectivity index (χ0n) is 17.8. The molecule has 31 heavy (non-hydrogen) atoms. The molecule has 0 aromatic heterocycles. The molecule has 0 fully saturated rings. The van der Waals surface area contributed by atoms with Crippen LogP contribution >= 0.6 is 0 Å². The number of carboxylic acid groups (broad SMARTS) is 1. The van der Waals surface area contributed by atoms with Crippen molar-refractivity contribution in [1.82, 2.24) is 10.2 Å². The fraction of sp³-hybridized carbons (Fsp3) is 0.375. The lowest BCUT2D eigenvalue weighted by atomic mass is 10.0. The summed E-state index contributed by atoms with van der Waals surface area (Å²) in [4.78, 5) is 38.6. The molecule has 0 radical (unpaired) electrons. The van der Waals surface area contributed by atoms with Crippen LogP contribution in [0.1, 0.15) is 30.5 Å². The van der Waals surface area contributed by atoms with Gasteiger partial charge < -0.3 is 20.1 Å². The number of aliphatic carboxylic acids is 1. The molecule has 0 saturated carbocycles. The first-order valence-corrected chi connectivity index (χ1v) is 10.4. The van der Waals surface area contributed by atoms with Crippen molar-refractivity contribution in [2.45, 2.75) is 45.4 Å². The number of nitrogens with one attached hydrogen (secondary N) is 1. The first-order chi connectivity index (χ1) is 14.8. The van der Waals surface area contributed by atoms with Gasteiger partial charge in [-0.1, -0.05) is 68.4 Å². The SMILES string of the molecule is CC(C)[C@H](NC(=O)OCc1ccccc1)C(=O)N(CC(=O)O)C1Cc2ccccc2C1. The summed E-state index contributed by atoms with van der Waals surface area (Å²) < 4.78 is 5.26. The Bertz CT molecular complexity index is 904. The van der Waals surface area contributed by atoms with E-state index in [9.17, 15) is 19.5 Å². The van der Waals surface area contributed by atoms with Crippen molar-refractivity contribution in [3.05, 3.63) is 71.3 Å². The van der Waals surface area contributed by atoms with E-state index in [1.165, 1.54) is 4.90 Å². The number of hydrogen-bond acceptors (Lipinski definition) is 4. The second kappa shape index (κ2) is 10.1. The average molecular weight is 424 g/mol. The molecule has 1 aliphatic rings. The molecule has 0 aliphatic heterocycles. The van der Waals surface area contributed by atoms with Crippen LogP contribution in [0.15, 0.2) is 54.6 Å². The van der Waals surface area contributed by atoms with E-state index in [-0.39, 0.29) is 18.6 Å². The van der Waals surface area contributed by atoms with Crippen LogP contribution in [-0.4, -0.2) is 46.6 Å². The summed E-state index contributed by atoms with van der Waals surface area (Å²) in [6.45, 7) is 3.29. The average Bonchev–Trinajstić information content (AvgIpc) is 3.18. The van der Waals surface area contributed by atoms with Crippen molar-refractivity contribution in [2.24, 2.45) is 5.92 Å². The molecule has 2 N–H and O–H groups in total. The lowest BCUT2D eigenvalue weighted by molar-refractivity contribution is -0.147. The minimum absolute atomic E-state index is 0.0858. The molecule has 0 unspecified atom stereocenters. The predicted octanol–water partition coefficient (Wildman–Crippen LogP) is 3.02. The Labute approximate surface area is 182 Å². The third-order valence-corrected chi connectivity index (χ3v) is 5.48. The number of ether oxygens (including phenoxy) is 1. The van der Waals surface area contributed by atoms with Gasteiger partial charge in [-0.05, 0) is 35.4 Å². The zero-order valence-corrected chi connectivity index (χ0v) is 17.8. The summed E-state index contributed by atoms with van der Waals surface area (Å²) in [5.74, 6) is -1.73. The van der Waals surface area contributed by atoms with E-state index in [1.54, 1.807) is 0 Å². The van der Waals surface area contributed by atoms with E-state index in [4.69, 9.17) is 4.74 Å². The highest BCUT2D eigenvalue weighted by molar-refractivity contribution is 5.88. The highest BCUT2D eigenvalue weighted by atomic mass is 16.5. The maximum atomic E-state index is 13.4. The third-order valence-electron chi connectivity index (χ3n) is 5.48. The molecule has 164 valence electrons. The van der Waals surface area contributed by atoms with E-state index >= 15 is 0 Å². The molecular weight excluding hydrogens is 396 g/mol. The maximum Gasteiger partial charge on any atom is 0.408 e. The van der Waals surface area contributed by atoms with Crippen molar-refractivity contribution in [2.75, 3.05) is 6.54 Å². The number of carboxylic acids is 1. The van der Waals surface area contributed by atoms with Gasteiger partial charge in [0.05, 0.1) is 0 Å². The number of hydrogen-bond donors (Lipinski definition) is 2. The van der Waals surface area contributed by atoms with Crippen molar-refractivity contribution in [1.29, 1.82) is 0 Å². The number of benzene rings is 2. The summed E-state index contributed by atoms with van der Waals surface area (Å²) in [5.41, 5.74) is 3.07. The van der Waals surface area contributed by atoms with E-state index in [2.05, 4.69) is 5.32 Å². The molecule has 2 aromatic rings. The minimum atomic E-state index is -1.08. The number of rotatable bonds is 8. The molecule has 1 aliphatic carbocycles. The predicted molar refractivity (Wildman–Crippen MR) is 115 cm³/mol. The van der Waals surface area contributed by atoms with Crippen LogP contribution in [0, 0.1) is 5.92 Å². The molecule has 0 saturated heterocycles. The van der Waals surface area contributed by atoms with Gasteiger partial charge in [0, 0.05) is 6.04 Å². The molecular formula is C24H28N2O5. The molecule has 0 heterocycles. The standard InChI is InChI=1S/C24H28N2O5/c1-16(2)22(25-24(30)31-15-17-8-4-3-5-9-17)23(29)26(14-21(27)28)20-12-18-10-6-7-11-19(18)13-20/h3-11,16,20,22H,12-15H2,1-2H3,(H,25,30)(H,27,28)/t22-/m0/s1. The van der Waals surface area contributed by atoms with Crippen LogP contribution < -0.4 is 5.32 Å². The van der Waals surface area contributed by atoms with Crippen molar-refractivity contribution >= 4 is 18.0 Å². The van der Waals surface area contributed by atoms with Gasteiger partial charge in [0.2, 0.25) is 5.91 Å². The van der Waals surface area contributed by atoms with Gasteiger partial charge >= 0.3 is 12.1 Å². The monoisotopic (exact) mass is 424 g/mol. The second-order valence-corrected chi connectivity index (χ2v) is 8.12. The summed E-state index contributed by atoms with van der Waals surface area (Å²) in [6.07, 6.45) is 0.484. The Hall–Kier alpha value is -3.35. The van der Waals surface area contributed by atoms with Crippen LogP contribution in [0.2, 0.25) is 0 Å². The summed E-state index contributed by atoms with van der Waals surface area (Å²) >= 11 is 0. The number of amides is 2. The van der Waals surface area contributed by atoms with Crippen LogP contribution in [0.5, 0.6) is 0 Å². The van der Waals surface area contributed by atoms with Gasteiger partial charge in [0.1, 0.15) is 19.2 Å². The number of fused-ring (bicyclic) bond motifs is 1. The zero-order chi connectivity index (χ0) is 22.4.